The molecule has 1 aliphatic heterocycles. The molecule has 37 nitrogen and oxygen atoms in total. The second-order valence-electron chi connectivity index (χ2n) is 28.3. The number of hydrogen-bond donors (Lipinski definition) is 22. The summed E-state index contributed by atoms with van der Waals surface area (Å²) in [5, 5.41) is 76.3. The van der Waals surface area contributed by atoms with Crippen LogP contribution >= 0.6 is 0 Å². The topological polar surface area (TPSA) is 613 Å². The maximum Gasteiger partial charge on any atom is 0.326 e. The molecule has 1 aliphatic rings. The second kappa shape index (κ2) is 47.0. The van der Waals surface area contributed by atoms with E-state index >= 15 is 14.4 Å². The van der Waals surface area contributed by atoms with E-state index < -0.39 is 205 Å². The van der Waals surface area contributed by atoms with E-state index in [1.807, 2.05) is 0 Å². The van der Waals surface area contributed by atoms with E-state index in [2.05, 4.69) is 74.1 Å². The van der Waals surface area contributed by atoms with E-state index in [0.717, 1.165) is 13.8 Å². The molecule has 37 heteroatoms. The molecule has 4 aromatic carbocycles. The predicted molar refractivity (Wildman–Crippen MR) is 418 cm³/mol. The van der Waals surface area contributed by atoms with Gasteiger partial charge in [-0.25, -0.2) is 4.79 Å². The van der Waals surface area contributed by atoms with Crippen molar-refractivity contribution < 1.29 is 92.3 Å². The average Bonchev–Trinajstić information content (AvgIpc) is 1.71. The van der Waals surface area contributed by atoms with E-state index in [-0.39, 0.29) is 90.1 Å². The number of carboxylic acids is 1. The van der Waals surface area contributed by atoms with Gasteiger partial charge in [-0.05, 0) is 114 Å². The number of benzene rings is 4. The Labute approximate surface area is 664 Å². The van der Waals surface area contributed by atoms with Gasteiger partial charge in [-0.2, -0.15) is 0 Å². The number of aliphatic hydroxyl groups is 3. The molecule has 0 spiro atoms. The van der Waals surface area contributed by atoms with Crippen LogP contribution in [0.2, 0.25) is 0 Å². The molecule has 0 bridgehead atoms. The summed E-state index contributed by atoms with van der Waals surface area (Å²) in [6, 6.07) is 9.80. The molecule has 15 unspecified atom stereocenters. The molecule has 6 rings (SSSR count). The van der Waals surface area contributed by atoms with Gasteiger partial charge in [-0.15, -0.1) is 0 Å². The fourth-order valence-corrected chi connectivity index (χ4v) is 12.6. The zero-order valence-corrected chi connectivity index (χ0v) is 64.4. The summed E-state index contributed by atoms with van der Waals surface area (Å²) >= 11 is 0. The fraction of sp³-hybridized carbons (Fsp3) is 0.474. The van der Waals surface area contributed by atoms with Crippen molar-refractivity contribution in [2.75, 3.05) is 26.2 Å². The molecule has 1 saturated heterocycles. The van der Waals surface area contributed by atoms with Crippen molar-refractivity contribution in [2.24, 2.45) is 22.9 Å². The third kappa shape index (κ3) is 30.3. The number of aromatic nitrogens is 1. The molecular weight excluding hydrogens is 1490 g/mol. The van der Waals surface area contributed by atoms with Gasteiger partial charge in [0.05, 0.1) is 37.8 Å². The van der Waals surface area contributed by atoms with Gasteiger partial charge in [0.2, 0.25) is 82.7 Å². The minimum absolute atomic E-state index is 0.110. The minimum Gasteiger partial charge on any atom is -0.480 e. The Balaban J connectivity index is 1.47. The number of aliphatic carboxylic acids is 1. The number of aromatic amines is 1. The number of para-hydroxylation sites is 1. The predicted octanol–water partition coefficient (Wildman–Crippen LogP) is -4.73. The van der Waals surface area contributed by atoms with E-state index in [4.69, 9.17) is 22.9 Å². The summed E-state index contributed by atoms with van der Waals surface area (Å²) in [7, 11) is 0. The molecule has 0 radical (unpaired) electrons. The number of hydrogen-bond acceptors (Lipinski definition) is 21. The van der Waals surface area contributed by atoms with Gasteiger partial charge in [0, 0.05) is 42.8 Å². The third-order valence-corrected chi connectivity index (χ3v) is 19.0. The van der Waals surface area contributed by atoms with Crippen molar-refractivity contribution in [3.05, 3.63) is 144 Å². The molecule has 624 valence electrons. The van der Waals surface area contributed by atoms with E-state index in [1.54, 1.807) is 121 Å². The van der Waals surface area contributed by atoms with Crippen LogP contribution in [0.4, 0.5) is 0 Å². The van der Waals surface area contributed by atoms with Crippen molar-refractivity contribution in [2.45, 2.75) is 208 Å². The number of nitrogens with one attached hydrogen (secondary N) is 14. The summed E-state index contributed by atoms with van der Waals surface area (Å²) in [6.07, 6.45) is -4.42. The van der Waals surface area contributed by atoms with Gasteiger partial charge >= 0.3 is 5.97 Å². The maximum absolute atomic E-state index is 15.4. The zero-order valence-electron chi connectivity index (χ0n) is 64.4. The largest absolute Gasteiger partial charge is 0.480 e. The highest BCUT2D eigenvalue weighted by Crippen LogP contribution is 2.21. The molecule has 0 saturated carbocycles. The standard InChI is InChI=1S/C78H108N18O19/c1-43(81)66(102)84-41-63(101)85-52-29-15-16-32-55(78(114)115)88-75(111)61(42-97)94-77(113)65(45(3)99)96-74(110)58(37-48-25-11-6-12-26-48)93-76(112)64(44(2)98)95-69(105)54(31-18-20-34-80)87-72(108)59(38-49-40-83-51-28-14-13-27-50(49)51)91-71(107)57(36-47-23-9-5-10-24-47)89-70(106)56(35-46-21-7-4-8-22-46)90-73(109)60(39-62(82)100)92-68(104)53(86-67(52)103)30-17-19-33-79/h4-14,21-28,40,43-45,52-61,64-65,83,97-99H,15-20,29-39,41-42,79-81H2,1-3H3,(H2,82,100)(H,84,102)(H,85,101)(H,86,103)(H,87,108)(H,88,111)(H,89,106)(H,90,109)(H,91,107)(H,92,104)(H,93,112)(H,94,113)(H,95,105)(H,96,110)(H,114,115). The van der Waals surface area contributed by atoms with E-state index in [0.29, 0.717) is 39.6 Å². The van der Waals surface area contributed by atoms with Crippen molar-refractivity contribution in [1.29, 1.82) is 0 Å². The number of H-pyrrole nitrogens is 1. The van der Waals surface area contributed by atoms with E-state index in [9.17, 15) is 78.0 Å². The summed E-state index contributed by atoms with van der Waals surface area (Å²) in [5.41, 5.74) is 25.7. The van der Waals surface area contributed by atoms with Gasteiger partial charge in [-0.1, -0.05) is 122 Å². The molecule has 1 aromatic heterocycles. The fourth-order valence-electron chi connectivity index (χ4n) is 12.6. The average molecular weight is 1600 g/mol. The van der Waals surface area contributed by atoms with Crippen molar-refractivity contribution >= 4 is 99.6 Å². The highest BCUT2D eigenvalue weighted by Gasteiger charge is 2.40. The molecule has 26 N–H and O–H groups in total. The third-order valence-electron chi connectivity index (χ3n) is 19.0. The van der Waals surface area contributed by atoms with Crippen LogP contribution in [0, 0.1) is 0 Å². The number of carbonyl (C=O) groups excluding carboxylic acids is 14. The quantitative estimate of drug-likeness (QED) is 0.0231. The Bertz CT molecular complexity index is 4120. The number of rotatable bonds is 26. The monoisotopic (exact) mass is 1600 g/mol. The van der Waals surface area contributed by atoms with Crippen LogP contribution in [0.3, 0.4) is 0 Å². The number of primary amides is 1. The number of carbonyl (C=O) groups is 15. The van der Waals surface area contributed by atoms with Gasteiger partial charge in [0.15, 0.2) is 0 Å². The number of unbranched alkanes of at least 4 members (excludes halogenated alkanes) is 2. The molecule has 15 atom stereocenters. The Morgan fingerprint density at radius 1 is 0.461 bits per heavy atom. The normalized spacial score (nSPS) is 23.7. The van der Waals surface area contributed by atoms with Crippen LogP contribution < -0.4 is 92.1 Å². The number of carboxylic acid groups (broad SMARTS) is 1. The van der Waals surface area contributed by atoms with Crippen LogP contribution in [0.15, 0.2) is 121 Å². The van der Waals surface area contributed by atoms with Gasteiger partial charge in [-0.3, -0.25) is 67.1 Å². The highest BCUT2D eigenvalue weighted by molar-refractivity contribution is 6.01. The van der Waals surface area contributed by atoms with Crippen LogP contribution in [0.25, 0.3) is 10.9 Å². The second-order valence-corrected chi connectivity index (χ2v) is 28.3. The smallest absolute Gasteiger partial charge is 0.326 e. The molecule has 5 aromatic rings. The zero-order chi connectivity index (χ0) is 84.3. The van der Waals surface area contributed by atoms with Crippen molar-refractivity contribution in [3.63, 3.8) is 0 Å². The Kier molecular flexibility index (Phi) is 37.7. The lowest BCUT2D eigenvalue weighted by molar-refractivity contribution is -0.143. The summed E-state index contributed by atoms with van der Waals surface area (Å²) in [6.45, 7) is 1.93. The first kappa shape index (κ1) is 92.1. The van der Waals surface area contributed by atoms with Gasteiger partial charge < -0.3 is 117 Å². The number of amides is 14. The summed E-state index contributed by atoms with van der Waals surface area (Å²) < 4.78 is 0. The molecule has 14 amide bonds. The van der Waals surface area contributed by atoms with Crippen LogP contribution in [-0.2, 0) is 97.6 Å². The molecule has 0 aliphatic carbocycles. The Hall–Kier alpha value is -11.8. The lowest BCUT2D eigenvalue weighted by Crippen LogP contribution is -2.63. The lowest BCUT2D eigenvalue weighted by Gasteiger charge is -2.29. The van der Waals surface area contributed by atoms with Crippen molar-refractivity contribution in [3.8, 4) is 0 Å². The first-order chi connectivity index (χ1) is 54.9. The van der Waals surface area contributed by atoms with Crippen LogP contribution in [0.5, 0.6) is 0 Å². The number of nitrogens with two attached hydrogens (primary N) is 4. The molecular formula is C78H108N18O19. The highest BCUT2D eigenvalue weighted by atomic mass is 16.4. The lowest BCUT2D eigenvalue weighted by atomic mass is 10.00. The minimum atomic E-state index is -1.98. The maximum atomic E-state index is 15.4. The van der Waals surface area contributed by atoms with Crippen molar-refractivity contribution in [1.82, 2.24) is 74.1 Å². The molecule has 1 fully saturated rings. The summed E-state index contributed by atoms with van der Waals surface area (Å²) in [4.78, 5) is 217. The molecule has 115 heavy (non-hydrogen) atoms. The Morgan fingerprint density at radius 2 is 0.843 bits per heavy atom. The van der Waals surface area contributed by atoms with E-state index in [1.165, 1.54) is 6.92 Å². The summed E-state index contributed by atoms with van der Waals surface area (Å²) in [5.74, 6) is -16.6. The molecule has 2 heterocycles. The van der Waals surface area contributed by atoms with Gasteiger partial charge in [0.25, 0.3) is 0 Å². The first-order valence-electron chi connectivity index (χ1n) is 38.1. The number of aliphatic hydroxyl groups excluding tert-OH is 3. The SMILES string of the molecule is CC(N)C(=O)NCC(=O)NC1CCCCC(C(=O)O)NC(=O)C(CO)NC(=O)C(C(C)O)NC(=O)C(Cc2ccccc2)NC(=O)C(C(C)O)NC(=O)C(CCCCN)NC(=O)C(Cc2c[nH]c3ccccc23)NC(=O)C(Cc2ccccc2)NC(=O)C(Cc2ccccc2)NC(=O)C(CC(N)=O)NC(=O)C(CCCCN)NC1=O. The van der Waals surface area contributed by atoms with Gasteiger partial charge in [0.1, 0.15) is 72.5 Å². The Morgan fingerprint density at radius 3 is 1.30 bits per heavy atom. The first-order valence-corrected chi connectivity index (χ1v) is 38.1. The van der Waals surface area contributed by atoms with Crippen LogP contribution in [0.1, 0.15) is 114 Å². The van der Waals surface area contributed by atoms with Crippen LogP contribution in [-0.4, -0.2) is 231 Å². The number of fused-ring (bicyclic) bond motifs is 1.